The van der Waals surface area contributed by atoms with E-state index >= 15 is 0 Å². The lowest BCUT2D eigenvalue weighted by Gasteiger charge is -2.24. The SMILES string of the molecule is COc1ccc(N2C(=O)c3cc(CN4Cc5ccc(C(=O)O)cc5C4=O)ccc3C2C)cc1OC1CCCC1.COc1ccc(N2C(=O)c3cc(CN4Cc5ccc(F)cc5C4=O)ccc3C2C)cc1OC1CCCC1. The summed E-state index contributed by atoms with van der Waals surface area (Å²) in [6, 6.07) is 31.5. The third-order valence-electron chi connectivity index (χ3n) is 15.8. The molecule has 2 saturated carbocycles. The average Bonchev–Trinajstić information content (AvgIpc) is 4.30. The minimum atomic E-state index is -1.06. The van der Waals surface area contributed by atoms with Crippen LogP contribution in [0.4, 0.5) is 15.8 Å². The summed E-state index contributed by atoms with van der Waals surface area (Å²) in [6.45, 7) is 5.53. The van der Waals surface area contributed by atoms with Crippen molar-refractivity contribution in [1.82, 2.24) is 9.80 Å². The van der Waals surface area contributed by atoms with Crippen LogP contribution in [0.1, 0.15) is 162 Å². The third-order valence-corrected chi connectivity index (χ3v) is 15.8. The Labute approximate surface area is 440 Å². The molecule has 0 radical (unpaired) electrons. The van der Waals surface area contributed by atoms with Crippen molar-refractivity contribution in [3.05, 3.63) is 176 Å². The molecule has 1 N–H and O–H groups in total. The molecule has 4 aliphatic heterocycles. The molecule has 14 nitrogen and oxygen atoms in total. The fourth-order valence-electron chi connectivity index (χ4n) is 11.8. The Morgan fingerprint density at radius 3 is 1.42 bits per heavy atom. The molecule has 12 rings (SSSR count). The first-order valence-electron chi connectivity index (χ1n) is 26.1. The van der Waals surface area contributed by atoms with E-state index in [2.05, 4.69) is 0 Å². The lowest BCUT2D eigenvalue weighted by Crippen LogP contribution is -2.26. The first-order chi connectivity index (χ1) is 36.8. The van der Waals surface area contributed by atoms with Crippen LogP contribution in [0.5, 0.6) is 23.0 Å². The van der Waals surface area contributed by atoms with Crippen LogP contribution in [0.3, 0.4) is 0 Å². The maximum absolute atomic E-state index is 13.7. The number of fused-ring (bicyclic) bond motifs is 4. The summed E-state index contributed by atoms with van der Waals surface area (Å²) >= 11 is 0. The average molecular weight is 1030 g/mol. The van der Waals surface area contributed by atoms with Crippen LogP contribution in [0.2, 0.25) is 0 Å². The Balaban J connectivity index is 0.000000162. The van der Waals surface area contributed by atoms with Gasteiger partial charge < -0.3 is 43.7 Å². The normalized spacial score (nSPS) is 18.7. The molecule has 4 heterocycles. The predicted octanol–water partition coefficient (Wildman–Crippen LogP) is 11.6. The molecule has 4 amide bonds. The number of hydrogen-bond donors (Lipinski definition) is 1. The second-order valence-electron chi connectivity index (χ2n) is 20.6. The van der Waals surface area contributed by atoms with Crippen LogP contribution in [-0.4, -0.2) is 70.9 Å². The van der Waals surface area contributed by atoms with E-state index in [1.165, 1.54) is 24.3 Å². The van der Waals surface area contributed by atoms with Crippen LogP contribution < -0.4 is 28.7 Å². The maximum atomic E-state index is 13.7. The lowest BCUT2D eigenvalue weighted by molar-refractivity contribution is 0.0695. The Bertz CT molecular complexity index is 3330. The van der Waals surface area contributed by atoms with E-state index in [-0.39, 0.29) is 53.5 Å². The molecule has 15 heteroatoms. The smallest absolute Gasteiger partial charge is 0.335 e. The summed E-state index contributed by atoms with van der Waals surface area (Å²) in [4.78, 5) is 71.4. The summed E-state index contributed by atoms with van der Waals surface area (Å²) in [7, 11) is 3.24. The van der Waals surface area contributed by atoms with Crippen molar-refractivity contribution in [3.63, 3.8) is 0 Å². The van der Waals surface area contributed by atoms with Crippen molar-refractivity contribution in [2.45, 2.75) is 116 Å². The molecular weight excluding hydrogens is 968 g/mol. The molecule has 390 valence electrons. The van der Waals surface area contributed by atoms with E-state index in [1.54, 1.807) is 46.0 Å². The van der Waals surface area contributed by atoms with Crippen molar-refractivity contribution >= 4 is 41.0 Å². The molecule has 2 fully saturated rings. The highest BCUT2D eigenvalue weighted by Gasteiger charge is 2.39. The van der Waals surface area contributed by atoms with E-state index in [4.69, 9.17) is 18.9 Å². The first kappa shape index (κ1) is 50.0. The number of carboxylic acids is 1. The molecule has 6 aromatic carbocycles. The molecule has 6 aromatic rings. The largest absolute Gasteiger partial charge is 0.493 e. The zero-order valence-corrected chi connectivity index (χ0v) is 43.0. The van der Waals surface area contributed by atoms with Crippen molar-refractivity contribution in [2.24, 2.45) is 0 Å². The number of carbonyl (C=O) groups is 5. The Kier molecular flexibility index (Phi) is 13.5. The minimum Gasteiger partial charge on any atom is -0.493 e. The van der Waals surface area contributed by atoms with Gasteiger partial charge in [-0.1, -0.05) is 36.4 Å². The Morgan fingerprint density at radius 1 is 0.526 bits per heavy atom. The summed E-state index contributed by atoms with van der Waals surface area (Å²) < 4.78 is 37.2. The topological polar surface area (TPSA) is 155 Å². The van der Waals surface area contributed by atoms with Crippen LogP contribution in [0.15, 0.2) is 109 Å². The predicted molar refractivity (Wildman–Crippen MR) is 282 cm³/mol. The van der Waals surface area contributed by atoms with E-state index in [0.29, 0.717) is 71.4 Å². The van der Waals surface area contributed by atoms with Crippen LogP contribution in [0, 0.1) is 5.82 Å². The lowest BCUT2D eigenvalue weighted by atomic mass is 10.0. The summed E-state index contributed by atoms with van der Waals surface area (Å²) in [6.07, 6.45) is 9.07. The van der Waals surface area contributed by atoms with E-state index in [9.17, 15) is 33.5 Å². The van der Waals surface area contributed by atoms with Crippen molar-refractivity contribution in [1.29, 1.82) is 0 Å². The van der Waals surface area contributed by atoms with Gasteiger partial charge in [0.25, 0.3) is 23.6 Å². The zero-order valence-electron chi connectivity index (χ0n) is 43.0. The monoisotopic (exact) mass is 1030 g/mol. The third kappa shape index (κ3) is 9.36. The Morgan fingerprint density at radius 2 is 0.974 bits per heavy atom. The number of anilines is 2. The number of methoxy groups -OCH3 is 2. The van der Waals surface area contributed by atoms with Gasteiger partial charge in [0.05, 0.1) is 44.1 Å². The molecule has 76 heavy (non-hydrogen) atoms. The highest BCUT2D eigenvalue weighted by molar-refractivity contribution is 6.12. The number of amides is 4. The van der Waals surface area contributed by atoms with Crippen LogP contribution in [0.25, 0.3) is 0 Å². The second kappa shape index (κ2) is 20.5. The van der Waals surface area contributed by atoms with Gasteiger partial charge >= 0.3 is 5.97 Å². The summed E-state index contributed by atoms with van der Waals surface area (Å²) in [5, 5.41) is 9.27. The number of hydrogen-bond acceptors (Lipinski definition) is 9. The summed E-state index contributed by atoms with van der Waals surface area (Å²) in [5.41, 5.74) is 8.89. The molecule has 0 bridgehead atoms. The fraction of sp³-hybridized carbons (Fsp3) is 0.328. The van der Waals surface area contributed by atoms with Gasteiger partial charge in [0.2, 0.25) is 0 Å². The van der Waals surface area contributed by atoms with E-state index in [1.807, 2.05) is 86.6 Å². The quantitative estimate of drug-likeness (QED) is 0.118. The molecular formula is C61H59FN4O10. The van der Waals surface area contributed by atoms with Gasteiger partial charge in [0.15, 0.2) is 23.0 Å². The fourth-order valence-corrected chi connectivity index (χ4v) is 11.8. The zero-order chi connectivity index (χ0) is 52.9. The van der Waals surface area contributed by atoms with Gasteiger partial charge in [-0.3, -0.25) is 19.2 Å². The number of rotatable bonds is 13. The minimum absolute atomic E-state index is 0.0839. The molecule has 2 unspecified atom stereocenters. The molecule has 0 saturated heterocycles. The van der Waals surface area contributed by atoms with E-state index < -0.39 is 11.8 Å². The second-order valence-corrected chi connectivity index (χ2v) is 20.6. The first-order valence-corrected chi connectivity index (χ1v) is 26.1. The molecule has 6 aliphatic rings. The number of benzene rings is 6. The van der Waals surface area contributed by atoms with Crippen LogP contribution in [-0.2, 0) is 26.2 Å². The number of aromatic carboxylic acids is 1. The van der Waals surface area contributed by atoms with Crippen molar-refractivity contribution in [2.75, 3.05) is 24.0 Å². The van der Waals surface area contributed by atoms with Gasteiger partial charge in [-0.15, -0.1) is 0 Å². The van der Waals surface area contributed by atoms with Crippen molar-refractivity contribution < 1.29 is 52.4 Å². The molecule has 2 aliphatic carbocycles. The number of nitrogens with zero attached hydrogens (tertiary/aromatic N) is 4. The summed E-state index contributed by atoms with van der Waals surface area (Å²) in [5.74, 6) is 0.562. The number of ether oxygens (including phenoxy) is 4. The van der Waals surface area contributed by atoms with Gasteiger partial charge in [0, 0.05) is 71.9 Å². The van der Waals surface area contributed by atoms with Crippen LogP contribution >= 0.6 is 0 Å². The highest BCUT2D eigenvalue weighted by atomic mass is 19.1. The molecule has 2 atom stereocenters. The number of carbonyl (C=O) groups excluding carboxylic acids is 4. The van der Waals surface area contributed by atoms with E-state index in [0.717, 1.165) is 96.1 Å². The van der Waals surface area contributed by atoms with Gasteiger partial charge in [-0.25, -0.2) is 9.18 Å². The van der Waals surface area contributed by atoms with Gasteiger partial charge in [-0.05, 0) is 159 Å². The highest BCUT2D eigenvalue weighted by Crippen LogP contribution is 2.44. The Hall–Kier alpha value is -8.20. The molecule has 0 spiro atoms. The standard InChI is InChI=1S/C31H30N2O6.C30H29FN2O4/c1-18-24-11-7-19(16-32-17-21-9-8-20(31(36)37)14-25(21)29(32)34)13-26(24)30(35)33(18)22-10-12-27(38-2)28(15-22)39-23-5-3-4-6-23;1-18-24-11-7-19(16-32-17-20-8-9-21(31)14-25(20)29(32)34)13-26(24)30(35)33(18)22-10-12-27(36-2)28(15-22)37-23-5-3-4-6-23/h7-15,18,23H,3-6,16-17H2,1-2H3,(H,36,37);7-15,18,23H,3-6,16-17H2,1-2H3. The van der Waals surface area contributed by atoms with Gasteiger partial charge in [0.1, 0.15) is 5.82 Å². The number of halogens is 1. The van der Waals surface area contributed by atoms with Gasteiger partial charge in [-0.2, -0.15) is 0 Å². The molecule has 0 aromatic heterocycles. The number of carboxylic acid groups (broad SMARTS) is 1. The van der Waals surface area contributed by atoms with Crippen molar-refractivity contribution in [3.8, 4) is 23.0 Å². The maximum Gasteiger partial charge on any atom is 0.335 e.